The van der Waals surface area contributed by atoms with Crippen LogP contribution in [0.5, 0.6) is 11.5 Å². The molecule has 0 saturated heterocycles. The van der Waals surface area contributed by atoms with Crippen LogP contribution in [-0.2, 0) is 30.2 Å². The van der Waals surface area contributed by atoms with E-state index < -0.39 is 84.0 Å². The number of carbonyl (C=O) groups is 7. The van der Waals surface area contributed by atoms with Crippen LogP contribution < -0.4 is 25.4 Å². The molecule has 0 radical (unpaired) electrons. The minimum atomic E-state index is -4.97. The average molecular weight is 835 g/mol. The summed E-state index contributed by atoms with van der Waals surface area (Å²) in [6, 6.07) is 6.71. The van der Waals surface area contributed by atoms with Crippen molar-refractivity contribution in [2.75, 3.05) is 20.4 Å². The number of carboxylic acid groups (broad SMARTS) is 2. The van der Waals surface area contributed by atoms with Gasteiger partial charge in [-0.1, -0.05) is 39.2 Å². The molecule has 1 heterocycles. The van der Waals surface area contributed by atoms with Crippen molar-refractivity contribution in [1.82, 2.24) is 21.0 Å². The second-order valence-corrected chi connectivity index (χ2v) is 12.8. The summed E-state index contributed by atoms with van der Waals surface area (Å²) in [4.78, 5) is 92.3. The van der Waals surface area contributed by atoms with E-state index in [2.05, 4.69) is 16.0 Å². The smallest absolute Gasteiger partial charge is 0.417 e. The summed E-state index contributed by atoms with van der Waals surface area (Å²) in [5, 5.41) is 26.0. The zero-order valence-corrected chi connectivity index (χ0v) is 32.6. The van der Waals surface area contributed by atoms with Crippen LogP contribution in [0.25, 0.3) is 11.3 Å². The zero-order valence-electron chi connectivity index (χ0n) is 32.6. The van der Waals surface area contributed by atoms with Gasteiger partial charge in [0.2, 0.25) is 12.3 Å². The van der Waals surface area contributed by atoms with Gasteiger partial charge in [-0.3, -0.25) is 24.0 Å². The minimum absolute atomic E-state index is 0.0145. The third kappa shape index (κ3) is 13.0. The van der Waals surface area contributed by atoms with Gasteiger partial charge in [0.05, 0.1) is 55.5 Å². The fourth-order valence-electron chi connectivity index (χ4n) is 5.92. The number of carbonyl (C=O) groups excluding carboxylic acids is 5. The Bertz CT molecular complexity index is 1980. The first-order valence-electron chi connectivity index (χ1n) is 18.4. The third-order valence-corrected chi connectivity index (χ3v) is 8.84. The Hall–Kier alpha value is -6.60. The van der Waals surface area contributed by atoms with Crippen molar-refractivity contribution in [1.29, 1.82) is 0 Å². The number of methoxy groups -OCH3 is 1. The first kappa shape index (κ1) is 46.8. The molecule has 0 aliphatic heterocycles. The highest BCUT2D eigenvalue weighted by Crippen LogP contribution is 2.35. The van der Waals surface area contributed by atoms with Crippen molar-refractivity contribution < 1.29 is 75.7 Å². The van der Waals surface area contributed by atoms with Crippen LogP contribution in [0.2, 0.25) is 0 Å². The van der Waals surface area contributed by atoms with E-state index in [0.29, 0.717) is 29.5 Å². The third-order valence-electron chi connectivity index (χ3n) is 8.84. The van der Waals surface area contributed by atoms with Gasteiger partial charge >= 0.3 is 24.1 Å². The van der Waals surface area contributed by atoms with Gasteiger partial charge < -0.3 is 44.9 Å². The highest BCUT2D eigenvalue weighted by Gasteiger charge is 2.39. The van der Waals surface area contributed by atoms with E-state index in [1.165, 1.54) is 30.3 Å². The van der Waals surface area contributed by atoms with Crippen molar-refractivity contribution in [3.05, 3.63) is 71.0 Å². The summed E-state index contributed by atoms with van der Waals surface area (Å²) < 4.78 is 57.5. The molecule has 4 amide bonds. The Labute approximate surface area is 336 Å². The lowest BCUT2D eigenvalue weighted by Crippen LogP contribution is -2.49. The number of hydroxylamine groups is 2. The second kappa shape index (κ2) is 21.8. The molecule has 0 aliphatic carbocycles. The van der Waals surface area contributed by atoms with Crippen LogP contribution in [0.3, 0.4) is 0 Å². The van der Waals surface area contributed by atoms with Crippen molar-refractivity contribution >= 4 is 42.0 Å². The Kier molecular flexibility index (Phi) is 17.3. The van der Waals surface area contributed by atoms with Crippen molar-refractivity contribution in [3.8, 4) is 22.8 Å². The number of hydrogen-bond acceptors (Lipinski definition) is 11. The van der Waals surface area contributed by atoms with Crippen LogP contribution in [0, 0.1) is 5.92 Å². The molecular formula is C39H45F3N4O13. The number of halogens is 3. The van der Waals surface area contributed by atoms with Crippen LogP contribution >= 0.6 is 0 Å². The maximum Gasteiger partial charge on any atom is 0.417 e. The minimum Gasteiger partial charge on any atom is -0.497 e. The molecule has 1 aromatic heterocycles. The Morgan fingerprint density at radius 3 is 2.22 bits per heavy atom. The second-order valence-electron chi connectivity index (χ2n) is 12.8. The van der Waals surface area contributed by atoms with Gasteiger partial charge in [-0.25, -0.2) is 9.59 Å². The number of alkyl halides is 3. The predicted octanol–water partition coefficient (Wildman–Crippen LogP) is 5.04. The molecule has 17 nitrogen and oxygen atoms in total. The number of nitrogens with zero attached hydrogens (tertiary/aromatic N) is 1. The largest absolute Gasteiger partial charge is 0.497 e. The molecule has 59 heavy (non-hydrogen) atoms. The Morgan fingerprint density at radius 2 is 1.63 bits per heavy atom. The Balaban J connectivity index is 1.73. The molecule has 0 fully saturated rings. The predicted molar refractivity (Wildman–Crippen MR) is 200 cm³/mol. The summed E-state index contributed by atoms with van der Waals surface area (Å²) >= 11 is 0. The zero-order chi connectivity index (χ0) is 43.9. The number of nitrogens with one attached hydrogen (secondary N) is 3. The van der Waals surface area contributed by atoms with Gasteiger partial charge in [-0.05, 0) is 62.2 Å². The normalized spacial score (nSPS) is 12.6. The van der Waals surface area contributed by atoms with Gasteiger partial charge in [0.25, 0.3) is 11.8 Å². The number of unbranched alkanes of at least 4 members (excludes halogenated alkanes) is 2. The van der Waals surface area contributed by atoms with E-state index >= 15 is 0 Å². The molecule has 5 N–H and O–H groups in total. The molecule has 0 saturated carbocycles. The molecule has 2 aromatic carbocycles. The quantitative estimate of drug-likeness (QED) is 0.0365. The molecule has 0 aliphatic rings. The number of ether oxygens (including phenoxy) is 2. The van der Waals surface area contributed by atoms with E-state index in [-0.39, 0.29) is 54.4 Å². The Morgan fingerprint density at radius 1 is 0.915 bits per heavy atom. The van der Waals surface area contributed by atoms with Crippen LogP contribution in [0.4, 0.5) is 13.2 Å². The standard InChI is InChI=1S/C39H45F3N4O13/c1-5-8-9-10-25(29(6-2)46(21-47)59-38(55)24-14-12-23(56-4)18-27(24)39(40,41)42)34(50)43-20-44-36(52)31-16-15-30(58-31)22-11-13-26(32(17-22)57-7-3)35(51)45-28(37(53)54)19-33(48)49/h11-18,21,25,28-29H,5-10,19-20H2,1-4H3,(H,43,50)(H,44,52)(H,45,51)(H,48,49)(H,53,54). The molecular weight excluding hydrogens is 789 g/mol. The fraction of sp³-hybridized carbons (Fsp3) is 0.410. The highest BCUT2D eigenvalue weighted by atomic mass is 19.4. The van der Waals surface area contributed by atoms with Crippen molar-refractivity contribution in [2.45, 2.75) is 77.6 Å². The highest BCUT2D eigenvalue weighted by molar-refractivity contribution is 6.00. The molecule has 20 heteroatoms. The lowest BCUT2D eigenvalue weighted by molar-refractivity contribution is -0.171. The first-order chi connectivity index (χ1) is 28.0. The lowest BCUT2D eigenvalue weighted by Gasteiger charge is -2.32. The van der Waals surface area contributed by atoms with E-state index in [1.54, 1.807) is 13.8 Å². The maximum absolute atomic E-state index is 13.8. The van der Waals surface area contributed by atoms with Crippen LogP contribution in [-0.4, -0.2) is 89.8 Å². The fourth-order valence-corrected chi connectivity index (χ4v) is 5.92. The summed E-state index contributed by atoms with van der Waals surface area (Å²) in [6.07, 6.45) is -3.50. The lowest BCUT2D eigenvalue weighted by atomic mass is 9.90. The van der Waals surface area contributed by atoms with Gasteiger partial charge in [-0.15, -0.1) is 0 Å². The molecule has 3 rings (SSSR count). The van der Waals surface area contributed by atoms with E-state index in [4.69, 9.17) is 23.8 Å². The average Bonchev–Trinajstić information content (AvgIpc) is 3.69. The summed E-state index contributed by atoms with van der Waals surface area (Å²) in [6.45, 7) is 4.83. The molecule has 3 aromatic rings. The van der Waals surface area contributed by atoms with Gasteiger partial charge in [-0.2, -0.15) is 18.2 Å². The number of rotatable bonds is 23. The van der Waals surface area contributed by atoms with Crippen LogP contribution in [0.15, 0.2) is 52.9 Å². The van der Waals surface area contributed by atoms with E-state index in [1.807, 2.05) is 6.92 Å². The maximum atomic E-state index is 13.8. The summed E-state index contributed by atoms with van der Waals surface area (Å²) in [5.74, 6) is -7.98. The van der Waals surface area contributed by atoms with E-state index in [9.17, 15) is 51.8 Å². The molecule has 320 valence electrons. The molecule has 0 spiro atoms. The molecule has 3 unspecified atom stereocenters. The van der Waals surface area contributed by atoms with Crippen LogP contribution in [0.1, 0.15) is 96.1 Å². The number of carboxylic acids is 2. The topological polar surface area (TPSA) is 240 Å². The number of amides is 4. The number of hydrogen-bond donors (Lipinski definition) is 5. The number of furan rings is 1. The SMILES string of the molecule is CCCCCC(C(=O)NCNC(=O)c1ccc(-c2ccc(C(=O)NC(CC(=O)O)C(=O)O)c(OCC)c2)o1)C(CC)N(C=O)OC(=O)c1ccc(OC)cc1C(F)(F)F. The van der Waals surface area contributed by atoms with Crippen molar-refractivity contribution in [3.63, 3.8) is 0 Å². The van der Waals surface area contributed by atoms with Gasteiger partial charge in [0.15, 0.2) is 5.76 Å². The number of aliphatic carboxylic acids is 2. The van der Waals surface area contributed by atoms with E-state index in [0.717, 1.165) is 25.7 Å². The summed E-state index contributed by atoms with van der Waals surface area (Å²) in [5.41, 5.74) is -1.97. The number of benzene rings is 2. The van der Waals surface area contributed by atoms with Gasteiger partial charge in [0.1, 0.15) is 23.3 Å². The molecule has 3 atom stereocenters. The monoisotopic (exact) mass is 834 g/mol. The first-order valence-corrected chi connectivity index (χ1v) is 18.4. The molecule has 0 bridgehead atoms. The van der Waals surface area contributed by atoms with Gasteiger partial charge in [0, 0.05) is 5.56 Å². The van der Waals surface area contributed by atoms with Crippen molar-refractivity contribution in [2.24, 2.45) is 5.92 Å². The summed E-state index contributed by atoms with van der Waals surface area (Å²) in [7, 11) is 1.15.